The van der Waals surface area contributed by atoms with Crippen LogP contribution >= 0.6 is 11.3 Å². The minimum absolute atomic E-state index is 0.186. The van der Waals surface area contributed by atoms with E-state index in [2.05, 4.69) is 39.9 Å². The van der Waals surface area contributed by atoms with Crippen LogP contribution in [0.15, 0.2) is 12.2 Å². The quantitative estimate of drug-likeness (QED) is 0.823. The van der Waals surface area contributed by atoms with Crippen molar-refractivity contribution in [2.24, 2.45) is 0 Å². The van der Waals surface area contributed by atoms with Gasteiger partial charge < -0.3 is 5.32 Å². The molecule has 0 radical (unpaired) electrons. The maximum Gasteiger partial charge on any atom is 0.321 e. The molecule has 1 aromatic rings. The zero-order valence-corrected chi connectivity index (χ0v) is 11.3. The molecule has 1 aliphatic carbocycles. The molecule has 0 aromatic carbocycles. The van der Waals surface area contributed by atoms with Crippen molar-refractivity contribution in [3.05, 3.63) is 17.2 Å². The van der Waals surface area contributed by atoms with Gasteiger partial charge >= 0.3 is 6.03 Å². The summed E-state index contributed by atoms with van der Waals surface area (Å²) >= 11 is 1.44. The first-order valence-electron chi connectivity index (χ1n) is 6.33. The Bertz CT molecular complexity index is 429. The molecule has 0 aliphatic heterocycles. The summed E-state index contributed by atoms with van der Waals surface area (Å²) in [6, 6.07) is 0.0486. The molecule has 0 fully saturated rings. The number of carbonyl (C=O) groups excluding carboxylic acids is 1. The third-order valence-corrected chi connectivity index (χ3v) is 3.65. The van der Waals surface area contributed by atoms with Crippen molar-refractivity contribution in [1.82, 2.24) is 15.5 Å². The van der Waals surface area contributed by atoms with Crippen LogP contribution in [0.4, 0.5) is 9.93 Å². The van der Waals surface area contributed by atoms with E-state index in [-0.39, 0.29) is 12.1 Å². The normalized spacial score (nSPS) is 18.6. The van der Waals surface area contributed by atoms with Crippen molar-refractivity contribution in [3.63, 3.8) is 0 Å². The SMILES string of the molecule is CCCc1nnc(NC(=O)NC2CC=CCC2)s1. The largest absolute Gasteiger partial charge is 0.335 e. The van der Waals surface area contributed by atoms with Crippen LogP contribution in [0, 0.1) is 0 Å². The van der Waals surface area contributed by atoms with Crippen molar-refractivity contribution in [2.45, 2.75) is 45.1 Å². The number of allylic oxidation sites excluding steroid dienone is 1. The van der Waals surface area contributed by atoms with Gasteiger partial charge in [-0.25, -0.2) is 4.79 Å². The molecule has 0 bridgehead atoms. The Kier molecular flexibility index (Phi) is 4.69. The number of rotatable bonds is 4. The lowest BCUT2D eigenvalue weighted by atomic mass is 10.0. The summed E-state index contributed by atoms with van der Waals surface area (Å²) in [6.07, 6.45) is 9.15. The second-order valence-corrected chi connectivity index (χ2v) is 5.39. The zero-order valence-electron chi connectivity index (χ0n) is 10.5. The van der Waals surface area contributed by atoms with Gasteiger partial charge in [0, 0.05) is 12.5 Å². The summed E-state index contributed by atoms with van der Waals surface area (Å²) < 4.78 is 0. The van der Waals surface area contributed by atoms with E-state index >= 15 is 0 Å². The van der Waals surface area contributed by atoms with E-state index in [1.807, 2.05) is 0 Å². The number of nitrogens with zero attached hydrogens (tertiary/aromatic N) is 2. The highest BCUT2D eigenvalue weighted by Crippen LogP contribution is 2.16. The third kappa shape index (κ3) is 3.80. The van der Waals surface area contributed by atoms with Crippen molar-refractivity contribution in [2.75, 3.05) is 5.32 Å². The fraction of sp³-hybridized carbons (Fsp3) is 0.583. The molecule has 1 aliphatic rings. The average Bonchev–Trinajstić information content (AvgIpc) is 2.78. The number of hydrogen-bond donors (Lipinski definition) is 2. The molecule has 1 unspecified atom stereocenters. The van der Waals surface area contributed by atoms with Gasteiger partial charge in [0.1, 0.15) is 5.01 Å². The molecule has 5 nitrogen and oxygen atoms in total. The zero-order chi connectivity index (χ0) is 12.8. The van der Waals surface area contributed by atoms with E-state index in [4.69, 9.17) is 0 Å². The van der Waals surface area contributed by atoms with Crippen molar-refractivity contribution in [1.29, 1.82) is 0 Å². The lowest BCUT2D eigenvalue weighted by Gasteiger charge is -2.18. The molecular weight excluding hydrogens is 248 g/mol. The molecule has 1 atom stereocenters. The molecular formula is C12H18N4OS. The van der Waals surface area contributed by atoms with Gasteiger partial charge in [-0.2, -0.15) is 0 Å². The molecule has 1 aromatic heterocycles. The van der Waals surface area contributed by atoms with Gasteiger partial charge in [-0.3, -0.25) is 5.32 Å². The van der Waals surface area contributed by atoms with Crippen LogP contribution in [0.3, 0.4) is 0 Å². The minimum atomic E-state index is -0.186. The topological polar surface area (TPSA) is 66.9 Å². The number of aromatic nitrogens is 2. The predicted molar refractivity (Wildman–Crippen MR) is 72.8 cm³/mol. The Morgan fingerprint density at radius 3 is 3.11 bits per heavy atom. The summed E-state index contributed by atoms with van der Waals surface area (Å²) in [6.45, 7) is 2.10. The van der Waals surface area contributed by atoms with E-state index in [1.54, 1.807) is 0 Å². The monoisotopic (exact) mass is 266 g/mol. The van der Waals surface area contributed by atoms with Crippen LogP contribution in [0.1, 0.15) is 37.6 Å². The standard InChI is InChI=1S/C12H18N4OS/c1-2-6-10-15-16-12(18-10)14-11(17)13-9-7-4-3-5-8-9/h3-4,9H,2,5-8H2,1H3,(H2,13,14,16,17). The van der Waals surface area contributed by atoms with Crippen LogP contribution in [0.2, 0.25) is 0 Å². The molecule has 0 saturated carbocycles. The average molecular weight is 266 g/mol. The summed E-state index contributed by atoms with van der Waals surface area (Å²) in [5.41, 5.74) is 0. The fourth-order valence-electron chi connectivity index (χ4n) is 1.86. The number of amides is 2. The maximum atomic E-state index is 11.7. The molecule has 0 saturated heterocycles. The van der Waals surface area contributed by atoms with Crippen LogP contribution < -0.4 is 10.6 Å². The maximum absolute atomic E-state index is 11.7. The number of aryl methyl sites for hydroxylation is 1. The highest BCUT2D eigenvalue weighted by Gasteiger charge is 2.14. The van der Waals surface area contributed by atoms with E-state index in [0.29, 0.717) is 5.13 Å². The molecule has 1 heterocycles. The van der Waals surface area contributed by atoms with Crippen LogP contribution in [-0.2, 0) is 6.42 Å². The van der Waals surface area contributed by atoms with Gasteiger partial charge in [0.2, 0.25) is 5.13 Å². The molecule has 6 heteroatoms. The second kappa shape index (κ2) is 6.49. The van der Waals surface area contributed by atoms with Crippen LogP contribution in [0.5, 0.6) is 0 Å². The number of nitrogens with one attached hydrogen (secondary N) is 2. The first kappa shape index (κ1) is 13.0. The summed E-state index contributed by atoms with van der Waals surface area (Å²) in [5.74, 6) is 0. The molecule has 98 valence electrons. The van der Waals surface area contributed by atoms with E-state index in [9.17, 15) is 4.79 Å². The molecule has 0 spiro atoms. The molecule has 2 amide bonds. The second-order valence-electron chi connectivity index (χ2n) is 4.33. The van der Waals surface area contributed by atoms with Crippen molar-refractivity contribution >= 4 is 22.5 Å². The predicted octanol–water partition coefficient (Wildman–Crippen LogP) is 2.72. The van der Waals surface area contributed by atoms with E-state index in [0.717, 1.165) is 37.1 Å². The Morgan fingerprint density at radius 1 is 1.50 bits per heavy atom. The summed E-state index contributed by atoms with van der Waals surface area (Å²) in [5, 5.41) is 15.2. The van der Waals surface area contributed by atoms with Gasteiger partial charge in [-0.1, -0.05) is 30.4 Å². The first-order valence-corrected chi connectivity index (χ1v) is 7.14. The number of urea groups is 1. The summed E-state index contributed by atoms with van der Waals surface area (Å²) in [7, 11) is 0. The smallest absolute Gasteiger partial charge is 0.321 e. The fourth-order valence-corrected chi connectivity index (χ4v) is 2.70. The van der Waals surface area contributed by atoms with Gasteiger partial charge in [-0.05, 0) is 25.7 Å². The Labute approximate surface area is 111 Å². The highest BCUT2D eigenvalue weighted by atomic mass is 32.1. The number of carbonyl (C=O) groups is 1. The number of anilines is 1. The highest BCUT2D eigenvalue weighted by molar-refractivity contribution is 7.15. The number of hydrogen-bond acceptors (Lipinski definition) is 4. The molecule has 2 rings (SSSR count). The first-order chi connectivity index (χ1) is 8.78. The van der Waals surface area contributed by atoms with Gasteiger partial charge in [0.25, 0.3) is 0 Å². The van der Waals surface area contributed by atoms with Crippen molar-refractivity contribution < 1.29 is 4.79 Å². The van der Waals surface area contributed by atoms with Gasteiger partial charge in [0.15, 0.2) is 0 Å². The van der Waals surface area contributed by atoms with Crippen LogP contribution in [-0.4, -0.2) is 22.3 Å². The summed E-state index contributed by atoms with van der Waals surface area (Å²) in [4.78, 5) is 11.7. The van der Waals surface area contributed by atoms with Crippen LogP contribution in [0.25, 0.3) is 0 Å². The molecule has 18 heavy (non-hydrogen) atoms. The Balaban J connectivity index is 1.80. The van der Waals surface area contributed by atoms with Crippen molar-refractivity contribution in [3.8, 4) is 0 Å². The van der Waals surface area contributed by atoms with Gasteiger partial charge in [-0.15, -0.1) is 10.2 Å². The van der Waals surface area contributed by atoms with Gasteiger partial charge in [0.05, 0.1) is 0 Å². The third-order valence-electron chi connectivity index (χ3n) is 2.76. The lowest BCUT2D eigenvalue weighted by Crippen LogP contribution is -2.38. The van der Waals surface area contributed by atoms with E-state index in [1.165, 1.54) is 11.3 Å². The molecule has 2 N–H and O–H groups in total. The Hall–Kier alpha value is -1.43. The minimum Gasteiger partial charge on any atom is -0.335 e. The lowest BCUT2D eigenvalue weighted by molar-refractivity contribution is 0.247. The Morgan fingerprint density at radius 2 is 2.39 bits per heavy atom. The van der Waals surface area contributed by atoms with E-state index < -0.39 is 0 Å².